The van der Waals surface area contributed by atoms with Crippen molar-refractivity contribution in [3.8, 4) is 0 Å². The van der Waals surface area contributed by atoms with E-state index >= 15 is 0 Å². The molecule has 1 aromatic rings. The molecule has 4 heteroatoms. The number of Topliss-reactive ketones (excluding diaryl/α,β-unsaturated/α-hetero) is 1. The van der Waals surface area contributed by atoms with E-state index in [1.807, 2.05) is 0 Å². The Labute approximate surface area is 106 Å². The first-order chi connectivity index (χ1) is 8.70. The van der Waals surface area contributed by atoms with Crippen molar-refractivity contribution < 1.29 is 18.7 Å². The Bertz CT molecular complexity index is 427. The van der Waals surface area contributed by atoms with Gasteiger partial charge < -0.3 is 9.15 Å². The summed E-state index contributed by atoms with van der Waals surface area (Å²) >= 11 is 0. The van der Waals surface area contributed by atoms with Gasteiger partial charge in [-0.25, -0.2) is 4.79 Å². The van der Waals surface area contributed by atoms with E-state index in [0.29, 0.717) is 12.3 Å². The van der Waals surface area contributed by atoms with Crippen LogP contribution in [-0.2, 0) is 4.74 Å². The van der Waals surface area contributed by atoms with Gasteiger partial charge in [-0.2, -0.15) is 0 Å². The van der Waals surface area contributed by atoms with E-state index in [9.17, 15) is 9.59 Å². The van der Waals surface area contributed by atoms with Crippen LogP contribution in [-0.4, -0.2) is 18.9 Å². The molecule has 1 saturated carbocycles. The van der Waals surface area contributed by atoms with Gasteiger partial charge in [0.25, 0.3) is 0 Å². The third-order valence-corrected chi connectivity index (χ3v) is 3.47. The molecule has 0 aromatic carbocycles. The minimum Gasteiger partial charge on any atom is -0.463 e. The molecule has 0 radical (unpaired) electrons. The van der Waals surface area contributed by atoms with Gasteiger partial charge in [0.2, 0.25) is 5.76 Å². The van der Waals surface area contributed by atoms with Gasteiger partial charge in [-0.1, -0.05) is 32.1 Å². The molecule has 2 rings (SSSR count). The molecule has 0 aliphatic heterocycles. The van der Waals surface area contributed by atoms with Crippen LogP contribution in [0.5, 0.6) is 0 Å². The van der Waals surface area contributed by atoms with Crippen LogP contribution in [0.3, 0.4) is 0 Å². The first kappa shape index (κ1) is 12.9. The molecule has 1 fully saturated rings. The quantitative estimate of drug-likeness (QED) is 0.608. The number of ether oxygens (including phenoxy) is 1. The average Bonchev–Trinajstić information content (AvgIpc) is 2.88. The zero-order chi connectivity index (χ0) is 13.0. The maximum Gasteiger partial charge on any atom is 0.373 e. The lowest BCUT2D eigenvalue weighted by atomic mass is 9.85. The second-order valence-electron chi connectivity index (χ2n) is 4.79. The molecule has 0 spiro atoms. The minimum atomic E-state index is -0.549. The second kappa shape index (κ2) is 5.85. The van der Waals surface area contributed by atoms with Gasteiger partial charge in [0.15, 0.2) is 11.5 Å². The van der Waals surface area contributed by atoms with Gasteiger partial charge in [-0.05, 0) is 18.1 Å². The topological polar surface area (TPSA) is 56.5 Å². The third kappa shape index (κ3) is 3.00. The van der Waals surface area contributed by atoms with E-state index in [4.69, 9.17) is 4.42 Å². The summed E-state index contributed by atoms with van der Waals surface area (Å²) in [6.45, 7) is 0. The Balaban J connectivity index is 1.95. The van der Waals surface area contributed by atoms with Crippen LogP contribution >= 0.6 is 0 Å². The lowest BCUT2D eigenvalue weighted by Gasteiger charge is -2.20. The molecular formula is C14H18O4. The molecule has 1 aliphatic carbocycles. The Hall–Kier alpha value is -1.58. The number of furan rings is 1. The van der Waals surface area contributed by atoms with Crippen LogP contribution in [0.25, 0.3) is 0 Å². The smallest absolute Gasteiger partial charge is 0.373 e. The predicted octanol–water partition coefficient (Wildman–Crippen LogP) is 3.22. The fourth-order valence-corrected chi connectivity index (χ4v) is 2.45. The van der Waals surface area contributed by atoms with Crippen LogP contribution in [0.1, 0.15) is 59.6 Å². The Morgan fingerprint density at radius 3 is 2.56 bits per heavy atom. The summed E-state index contributed by atoms with van der Waals surface area (Å²) in [5.74, 6) is 0.257. The van der Waals surface area contributed by atoms with Crippen LogP contribution < -0.4 is 0 Å². The van der Waals surface area contributed by atoms with E-state index in [0.717, 1.165) is 12.8 Å². The Morgan fingerprint density at radius 1 is 1.22 bits per heavy atom. The fourth-order valence-electron chi connectivity index (χ4n) is 2.45. The maximum absolute atomic E-state index is 12.0. The summed E-state index contributed by atoms with van der Waals surface area (Å²) in [4.78, 5) is 23.2. The largest absolute Gasteiger partial charge is 0.463 e. The third-order valence-electron chi connectivity index (χ3n) is 3.47. The van der Waals surface area contributed by atoms with E-state index in [1.54, 1.807) is 6.07 Å². The zero-order valence-corrected chi connectivity index (χ0v) is 10.6. The molecule has 4 nitrogen and oxygen atoms in total. The highest BCUT2D eigenvalue weighted by atomic mass is 16.5. The van der Waals surface area contributed by atoms with E-state index in [-0.39, 0.29) is 17.3 Å². The molecule has 0 bridgehead atoms. The molecule has 1 heterocycles. The molecule has 0 saturated heterocycles. The number of carbonyl (C=O) groups is 2. The number of carbonyl (C=O) groups excluding carboxylic acids is 2. The molecular weight excluding hydrogens is 232 g/mol. The van der Waals surface area contributed by atoms with Gasteiger partial charge in [0.05, 0.1) is 7.11 Å². The van der Waals surface area contributed by atoms with Crippen molar-refractivity contribution in [3.63, 3.8) is 0 Å². The van der Waals surface area contributed by atoms with Crippen molar-refractivity contribution in [2.24, 2.45) is 5.92 Å². The summed E-state index contributed by atoms with van der Waals surface area (Å²) < 4.78 is 9.75. The molecule has 0 N–H and O–H groups in total. The summed E-state index contributed by atoms with van der Waals surface area (Å²) in [5, 5.41) is 0. The minimum absolute atomic E-state index is 0.0166. The summed E-state index contributed by atoms with van der Waals surface area (Å²) in [5.41, 5.74) is 0. The van der Waals surface area contributed by atoms with Gasteiger partial charge in [0.1, 0.15) is 0 Å². The first-order valence-electron chi connectivity index (χ1n) is 6.42. The molecule has 1 aliphatic rings. The van der Waals surface area contributed by atoms with Gasteiger partial charge in [0, 0.05) is 6.42 Å². The highest BCUT2D eigenvalue weighted by Crippen LogP contribution is 2.27. The SMILES string of the molecule is COC(=O)c1ccc(C(=O)CC2CCCCC2)o1. The highest BCUT2D eigenvalue weighted by Gasteiger charge is 2.21. The van der Waals surface area contributed by atoms with Gasteiger partial charge >= 0.3 is 5.97 Å². The van der Waals surface area contributed by atoms with Crippen molar-refractivity contribution >= 4 is 11.8 Å². The standard InChI is InChI=1S/C14H18O4/c1-17-14(16)13-8-7-12(18-13)11(15)9-10-5-3-2-4-6-10/h7-8,10H,2-6,9H2,1H3. The van der Waals surface area contributed by atoms with Crippen molar-refractivity contribution in [1.82, 2.24) is 0 Å². The second-order valence-corrected chi connectivity index (χ2v) is 4.79. The molecule has 1 aromatic heterocycles. The number of hydrogen-bond acceptors (Lipinski definition) is 4. The Kier molecular flexibility index (Phi) is 4.18. The molecule has 98 valence electrons. The van der Waals surface area contributed by atoms with Crippen molar-refractivity contribution in [2.75, 3.05) is 7.11 Å². The number of methoxy groups -OCH3 is 1. The van der Waals surface area contributed by atoms with Gasteiger partial charge in [-0.3, -0.25) is 4.79 Å². The predicted molar refractivity (Wildman–Crippen MR) is 65.6 cm³/mol. The molecule has 0 atom stereocenters. The van der Waals surface area contributed by atoms with Crippen LogP contribution in [0.2, 0.25) is 0 Å². The molecule has 18 heavy (non-hydrogen) atoms. The fraction of sp³-hybridized carbons (Fsp3) is 0.571. The van der Waals surface area contributed by atoms with Crippen LogP contribution in [0.4, 0.5) is 0 Å². The van der Waals surface area contributed by atoms with Crippen molar-refractivity contribution in [3.05, 3.63) is 23.7 Å². The van der Waals surface area contributed by atoms with Crippen molar-refractivity contribution in [1.29, 1.82) is 0 Å². The van der Waals surface area contributed by atoms with Gasteiger partial charge in [-0.15, -0.1) is 0 Å². The number of hydrogen-bond donors (Lipinski definition) is 0. The number of rotatable bonds is 4. The summed E-state index contributed by atoms with van der Waals surface area (Å²) in [7, 11) is 1.29. The average molecular weight is 250 g/mol. The molecule has 0 amide bonds. The zero-order valence-electron chi connectivity index (χ0n) is 10.6. The van der Waals surface area contributed by atoms with Crippen molar-refractivity contribution in [2.45, 2.75) is 38.5 Å². The van der Waals surface area contributed by atoms with Crippen LogP contribution in [0, 0.1) is 5.92 Å². The van der Waals surface area contributed by atoms with E-state index < -0.39 is 5.97 Å². The van der Waals surface area contributed by atoms with Crippen LogP contribution in [0.15, 0.2) is 16.5 Å². The lowest BCUT2D eigenvalue weighted by molar-refractivity contribution is 0.0563. The lowest BCUT2D eigenvalue weighted by Crippen LogP contribution is -2.11. The highest BCUT2D eigenvalue weighted by molar-refractivity contribution is 5.95. The van der Waals surface area contributed by atoms with E-state index in [1.165, 1.54) is 32.4 Å². The first-order valence-corrected chi connectivity index (χ1v) is 6.42. The number of ketones is 1. The number of esters is 1. The monoisotopic (exact) mass is 250 g/mol. The molecule has 0 unspecified atom stereocenters. The Morgan fingerprint density at radius 2 is 1.89 bits per heavy atom. The normalized spacial score (nSPS) is 16.5. The summed E-state index contributed by atoms with van der Waals surface area (Å²) in [6, 6.07) is 3.04. The summed E-state index contributed by atoms with van der Waals surface area (Å²) in [6.07, 6.45) is 6.46. The van der Waals surface area contributed by atoms with E-state index in [2.05, 4.69) is 4.74 Å². The maximum atomic E-state index is 12.0.